The fourth-order valence-corrected chi connectivity index (χ4v) is 3.37. The van der Waals surface area contributed by atoms with Crippen LogP contribution in [0.5, 0.6) is 11.5 Å². The van der Waals surface area contributed by atoms with E-state index in [9.17, 15) is 0 Å². The van der Waals surface area contributed by atoms with Gasteiger partial charge in [0.2, 0.25) is 0 Å². The molecule has 30 heavy (non-hydrogen) atoms. The Morgan fingerprint density at radius 3 is 1.53 bits per heavy atom. The minimum Gasteiger partial charge on any atom is -0.494 e. The lowest BCUT2D eigenvalue weighted by Crippen LogP contribution is -2.01. The summed E-state index contributed by atoms with van der Waals surface area (Å²) in [5.74, 6) is 1.91. The molecule has 2 rings (SSSR count). The van der Waals surface area contributed by atoms with Crippen molar-refractivity contribution in [1.82, 2.24) is 0 Å². The molecule has 0 aliphatic heterocycles. The van der Waals surface area contributed by atoms with Crippen molar-refractivity contribution < 1.29 is 9.47 Å². The van der Waals surface area contributed by atoms with Crippen molar-refractivity contribution in [2.24, 2.45) is 0 Å². The SMILES string of the molecule is CCCCCCCOc1ccc(CNc2ccc(OCCCCCCC)cc2)cc1. The molecule has 0 amide bonds. The van der Waals surface area contributed by atoms with Crippen LogP contribution in [0, 0.1) is 0 Å². The molecule has 1 N–H and O–H groups in total. The predicted molar refractivity (Wildman–Crippen MR) is 129 cm³/mol. The van der Waals surface area contributed by atoms with Crippen LogP contribution < -0.4 is 14.8 Å². The van der Waals surface area contributed by atoms with Crippen molar-refractivity contribution in [2.45, 2.75) is 84.6 Å². The van der Waals surface area contributed by atoms with Crippen LogP contribution in [0.25, 0.3) is 0 Å². The van der Waals surface area contributed by atoms with Gasteiger partial charge in [0.25, 0.3) is 0 Å². The Bertz CT molecular complexity index is 592. The van der Waals surface area contributed by atoms with E-state index in [4.69, 9.17) is 9.47 Å². The van der Waals surface area contributed by atoms with Crippen LogP contribution in [0.4, 0.5) is 5.69 Å². The van der Waals surface area contributed by atoms with Crippen LogP contribution >= 0.6 is 0 Å². The van der Waals surface area contributed by atoms with E-state index in [1.807, 2.05) is 12.1 Å². The van der Waals surface area contributed by atoms with Gasteiger partial charge in [0.15, 0.2) is 0 Å². The standard InChI is InChI=1S/C27H41NO2/c1-3-5-7-9-11-21-29-26-17-13-24(14-18-26)23-28-25-15-19-27(20-16-25)30-22-12-10-8-6-4-2/h13-20,28H,3-12,21-23H2,1-2H3. The van der Waals surface area contributed by atoms with Crippen LogP contribution in [-0.4, -0.2) is 13.2 Å². The number of anilines is 1. The summed E-state index contributed by atoms with van der Waals surface area (Å²) < 4.78 is 11.7. The number of nitrogens with one attached hydrogen (secondary N) is 1. The van der Waals surface area contributed by atoms with Crippen molar-refractivity contribution in [3.8, 4) is 11.5 Å². The van der Waals surface area contributed by atoms with Crippen molar-refractivity contribution >= 4 is 5.69 Å². The van der Waals surface area contributed by atoms with Gasteiger partial charge in [0, 0.05) is 12.2 Å². The Morgan fingerprint density at radius 2 is 1.03 bits per heavy atom. The molecule has 3 heteroatoms. The van der Waals surface area contributed by atoms with Gasteiger partial charge in [-0.2, -0.15) is 0 Å². The molecule has 0 heterocycles. The molecule has 3 nitrogen and oxygen atoms in total. The lowest BCUT2D eigenvalue weighted by molar-refractivity contribution is 0.304. The zero-order valence-electron chi connectivity index (χ0n) is 19.1. The zero-order chi connectivity index (χ0) is 21.3. The molecule has 0 radical (unpaired) electrons. The topological polar surface area (TPSA) is 30.5 Å². The van der Waals surface area contributed by atoms with Crippen LogP contribution in [-0.2, 0) is 6.54 Å². The van der Waals surface area contributed by atoms with E-state index in [1.54, 1.807) is 0 Å². The third kappa shape index (κ3) is 10.6. The molecular weight excluding hydrogens is 370 g/mol. The number of hydrogen-bond donors (Lipinski definition) is 1. The molecule has 2 aromatic carbocycles. The van der Waals surface area contributed by atoms with Gasteiger partial charge in [-0.15, -0.1) is 0 Å². The number of benzene rings is 2. The van der Waals surface area contributed by atoms with Crippen molar-refractivity contribution in [2.75, 3.05) is 18.5 Å². The van der Waals surface area contributed by atoms with Crippen LogP contribution in [0.3, 0.4) is 0 Å². The number of rotatable bonds is 17. The van der Waals surface area contributed by atoms with Gasteiger partial charge in [0.05, 0.1) is 13.2 Å². The third-order valence-corrected chi connectivity index (χ3v) is 5.31. The minimum absolute atomic E-state index is 0.801. The van der Waals surface area contributed by atoms with Gasteiger partial charge >= 0.3 is 0 Å². The maximum Gasteiger partial charge on any atom is 0.119 e. The average Bonchev–Trinajstić information content (AvgIpc) is 2.79. The number of unbranched alkanes of at least 4 members (excludes halogenated alkanes) is 8. The smallest absolute Gasteiger partial charge is 0.119 e. The molecule has 0 aliphatic rings. The second-order valence-corrected chi connectivity index (χ2v) is 8.05. The summed E-state index contributed by atoms with van der Waals surface area (Å²) in [4.78, 5) is 0. The largest absolute Gasteiger partial charge is 0.494 e. The first-order chi connectivity index (χ1) is 14.8. The predicted octanol–water partition coefficient (Wildman–Crippen LogP) is 8.00. The summed E-state index contributed by atoms with van der Waals surface area (Å²) in [7, 11) is 0. The first kappa shape index (κ1) is 24.1. The highest BCUT2D eigenvalue weighted by molar-refractivity contribution is 5.47. The van der Waals surface area contributed by atoms with E-state index >= 15 is 0 Å². The Morgan fingerprint density at radius 1 is 0.567 bits per heavy atom. The molecule has 0 unspecified atom stereocenters. The highest BCUT2D eigenvalue weighted by Gasteiger charge is 1.99. The second kappa shape index (κ2) is 15.6. The van der Waals surface area contributed by atoms with Crippen molar-refractivity contribution in [1.29, 1.82) is 0 Å². The third-order valence-electron chi connectivity index (χ3n) is 5.31. The quantitative estimate of drug-likeness (QED) is 0.267. The number of ether oxygens (including phenoxy) is 2. The Labute approximate surface area is 184 Å². The van der Waals surface area contributed by atoms with Gasteiger partial charge in [-0.25, -0.2) is 0 Å². The van der Waals surface area contributed by atoms with Crippen molar-refractivity contribution in [3.05, 3.63) is 54.1 Å². The first-order valence-corrected chi connectivity index (χ1v) is 12.0. The fourth-order valence-electron chi connectivity index (χ4n) is 3.37. The summed E-state index contributed by atoms with van der Waals surface area (Å²) in [5, 5.41) is 3.47. The molecule has 166 valence electrons. The maximum absolute atomic E-state index is 5.84. The molecule has 0 aliphatic carbocycles. The van der Waals surface area contributed by atoms with E-state index in [1.165, 1.54) is 56.9 Å². The highest BCUT2D eigenvalue weighted by Crippen LogP contribution is 2.18. The summed E-state index contributed by atoms with van der Waals surface area (Å²) >= 11 is 0. The van der Waals surface area contributed by atoms with E-state index in [2.05, 4.69) is 55.6 Å². The molecular formula is C27H41NO2. The maximum atomic E-state index is 5.84. The number of hydrogen-bond acceptors (Lipinski definition) is 3. The second-order valence-electron chi connectivity index (χ2n) is 8.05. The van der Waals surface area contributed by atoms with Crippen LogP contribution in [0.2, 0.25) is 0 Å². The van der Waals surface area contributed by atoms with Gasteiger partial charge in [-0.05, 0) is 54.8 Å². The van der Waals surface area contributed by atoms with Crippen LogP contribution in [0.1, 0.15) is 83.6 Å². The lowest BCUT2D eigenvalue weighted by atomic mass is 10.2. The minimum atomic E-state index is 0.801. The summed E-state index contributed by atoms with van der Waals surface area (Å²) in [6.07, 6.45) is 12.7. The van der Waals surface area contributed by atoms with Gasteiger partial charge < -0.3 is 14.8 Å². The zero-order valence-corrected chi connectivity index (χ0v) is 19.1. The molecule has 0 bridgehead atoms. The molecule has 2 aromatic rings. The first-order valence-electron chi connectivity index (χ1n) is 12.0. The summed E-state index contributed by atoms with van der Waals surface area (Å²) in [6.45, 7) is 6.91. The highest BCUT2D eigenvalue weighted by atomic mass is 16.5. The normalized spacial score (nSPS) is 10.7. The van der Waals surface area contributed by atoms with E-state index in [0.717, 1.165) is 49.8 Å². The van der Waals surface area contributed by atoms with Gasteiger partial charge in [0.1, 0.15) is 11.5 Å². The monoisotopic (exact) mass is 411 g/mol. The fraction of sp³-hybridized carbons (Fsp3) is 0.556. The molecule has 0 saturated carbocycles. The molecule has 0 fully saturated rings. The van der Waals surface area contributed by atoms with E-state index < -0.39 is 0 Å². The summed E-state index contributed by atoms with van der Waals surface area (Å²) in [6, 6.07) is 16.7. The Balaban J connectivity index is 1.61. The summed E-state index contributed by atoms with van der Waals surface area (Å²) in [5.41, 5.74) is 2.36. The molecule has 0 aromatic heterocycles. The van der Waals surface area contributed by atoms with E-state index in [0.29, 0.717) is 0 Å². The Hall–Kier alpha value is -2.16. The molecule has 0 atom stereocenters. The van der Waals surface area contributed by atoms with Gasteiger partial charge in [-0.3, -0.25) is 0 Å². The van der Waals surface area contributed by atoms with E-state index in [-0.39, 0.29) is 0 Å². The van der Waals surface area contributed by atoms with Crippen molar-refractivity contribution in [3.63, 3.8) is 0 Å². The van der Waals surface area contributed by atoms with Gasteiger partial charge in [-0.1, -0.05) is 77.3 Å². The molecule has 0 spiro atoms. The molecule has 0 saturated heterocycles. The Kier molecular flexibility index (Phi) is 12.6. The average molecular weight is 412 g/mol. The lowest BCUT2D eigenvalue weighted by Gasteiger charge is -2.10. The van der Waals surface area contributed by atoms with Crippen LogP contribution in [0.15, 0.2) is 48.5 Å².